The molecule has 150 valence electrons. The van der Waals surface area contributed by atoms with Crippen LogP contribution in [0.1, 0.15) is 37.9 Å². The van der Waals surface area contributed by atoms with Gasteiger partial charge in [-0.25, -0.2) is 4.98 Å². The summed E-state index contributed by atoms with van der Waals surface area (Å²) in [5.41, 5.74) is 1.24. The number of methoxy groups -OCH3 is 1. The number of aryl methyl sites for hydroxylation is 1. The van der Waals surface area contributed by atoms with Crippen molar-refractivity contribution in [3.63, 3.8) is 0 Å². The molecule has 29 heavy (non-hydrogen) atoms. The summed E-state index contributed by atoms with van der Waals surface area (Å²) < 4.78 is 12.0. The Bertz CT molecular complexity index is 1170. The lowest BCUT2D eigenvalue weighted by atomic mass is 9.97. The van der Waals surface area contributed by atoms with E-state index in [-0.39, 0.29) is 24.0 Å². The molecule has 0 saturated carbocycles. The number of hydrogen-bond donors (Lipinski definition) is 1. The molecule has 0 atom stereocenters. The van der Waals surface area contributed by atoms with Gasteiger partial charge >= 0.3 is 5.97 Å². The maximum atomic E-state index is 13.4. The van der Waals surface area contributed by atoms with Gasteiger partial charge < -0.3 is 14.5 Å². The van der Waals surface area contributed by atoms with Crippen LogP contribution in [0.2, 0.25) is 0 Å². The van der Waals surface area contributed by atoms with Crippen LogP contribution in [0.25, 0.3) is 16.7 Å². The first-order valence-electron chi connectivity index (χ1n) is 9.10. The van der Waals surface area contributed by atoms with E-state index in [1.807, 2.05) is 0 Å². The maximum Gasteiger partial charge on any atom is 0.311 e. The fraction of sp³-hybridized carbons (Fsp3) is 0.318. The number of rotatable bonds is 4. The van der Waals surface area contributed by atoms with Crippen molar-refractivity contribution >= 4 is 17.0 Å². The van der Waals surface area contributed by atoms with E-state index in [9.17, 15) is 9.59 Å². The highest BCUT2D eigenvalue weighted by Crippen LogP contribution is 2.23. The van der Waals surface area contributed by atoms with Crippen LogP contribution in [0.3, 0.4) is 0 Å². The molecule has 0 aliphatic carbocycles. The van der Waals surface area contributed by atoms with E-state index in [1.54, 1.807) is 59.1 Å². The van der Waals surface area contributed by atoms with Crippen LogP contribution in [0, 0.1) is 24.7 Å². The van der Waals surface area contributed by atoms with E-state index in [1.165, 1.54) is 4.57 Å². The number of aromatic nitrogens is 3. The van der Waals surface area contributed by atoms with Gasteiger partial charge in [-0.2, -0.15) is 0 Å². The molecule has 2 aromatic heterocycles. The molecule has 0 spiro atoms. The fourth-order valence-electron chi connectivity index (χ4n) is 2.93. The number of H-pyrrole nitrogens is 1. The minimum absolute atomic E-state index is 0.0309. The van der Waals surface area contributed by atoms with E-state index >= 15 is 0 Å². The summed E-state index contributed by atoms with van der Waals surface area (Å²) in [5, 5.41) is 0.346. The molecule has 0 amide bonds. The summed E-state index contributed by atoms with van der Waals surface area (Å²) in [6, 6.07) is 6.93. The lowest BCUT2D eigenvalue weighted by Crippen LogP contribution is -2.24. The highest BCUT2D eigenvalue weighted by atomic mass is 16.5. The summed E-state index contributed by atoms with van der Waals surface area (Å²) in [6.45, 7) is 7.09. The Kier molecular flexibility index (Phi) is 5.21. The quantitative estimate of drug-likeness (QED) is 0.544. The number of carbonyl (C=O) groups is 1. The van der Waals surface area contributed by atoms with Crippen LogP contribution in [0.15, 0.2) is 29.1 Å². The first kappa shape index (κ1) is 20.2. The largest absolute Gasteiger partial charge is 0.497 e. The van der Waals surface area contributed by atoms with Crippen molar-refractivity contribution in [2.24, 2.45) is 5.41 Å². The molecular weight excluding hydrogens is 370 g/mol. The Labute approximate surface area is 168 Å². The Morgan fingerprint density at radius 3 is 2.48 bits per heavy atom. The monoisotopic (exact) mass is 393 g/mol. The van der Waals surface area contributed by atoms with E-state index in [0.29, 0.717) is 33.7 Å². The van der Waals surface area contributed by atoms with Crippen molar-refractivity contribution in [1.82, 2.24) is 14.5 Å². The van der Waals surface area contributed by atoms with Crippen molar-refractivity contribution in [1.29, 1.82) is 0 Å². The Morgan fingerprint density at radius 1 is 1.28 bits per heavy atom. The first-order chi connectivity index (χ1) is 13.7. The highest BCUT2D eigenvalue weighted by molar-refractivity contribution is 5.82. The number of esters is 1. The van der Waals surface area contributed by atoms with Gasteiger partial charge in [-0.3, -0.25) is 14.2 Å². The van der Waals surface area contributed by atoms with Crippen molar-refractivity contribution in [2.75, 3.05) is 7.11 Å². The predicted molar refractivity (Wildman–Crippen MR) is 110 cm³/mol. The number of ether oxygens (including phenoxy) is 2. The number of nitrogens with zero attached hydrogens (tertiary/aromatic N) is 2. The van der Waals surface area contributed by atoms with Gasteiger partial charge in [0.1, 0.15) is 18.0 Å². The average molecular weight is 393 g/mol. The van der Waals surface area contributed by atoms with Crippen LogP contribution in [-0.4, -0.2) is 27.6 Å². The zero-order valence-corrected chi connectivity index (χ0v) is 17.1. The second kappa shape index (κ2) is 7.47. The van der Waals surface area contributed by atoms with Gasteiger partial charge in [-0.15, -0.1) is 6.42 Å². The van der Waals surface area contributed by atoms with Gasteiger partial charge in [0.05, 0.1) is 23.6 Å². The van der Waals surface area contributed by atoms with Crippen molar-refractivity contribution < 1.29 is 14.3 Å². The molecule has 0 saturated heterocycles. The molecule has 1 aromatic carbocycles. The molecule has 0 aliphatic rings. The molecule has 7 nitrogen and oxygen atoms in total. The van der Waals surface area contributed by atoms with E-state index in [0.717, 1.165) is 0 Å². The van der Waals surface area contributed by atoms with Crippen LogP contribution in [-0.2, 0) is 16.1 Å². The molecule has 0 bridgehead atoms. The minimum Gasteiger partial charge on any atom is -0.497 e. The van der Waals surface area contributed by atoms with Gasteiger partial charge in [0.15, 0.2) is 5.82 Å². The first-order valence-corrected chi connectivity index (χ1v) is 9.10. The molecule has 7 heteroatoms. The number of hydrogen-bond acceptors (Lipinski definition) is 5. The van der Waals surface area contributed by atoms with Gasteiger partial charge in [-0.05, 0) is 57.9 Å². The summed E-state index contributed by atoms with van der Waals surface area (Å²) in [6.07, 6.45) is 5.61. The molecular formula is C22H23N3O4. The molecule has 3 aromatic rings. The average Bonchev–Trinajstić information content (AvgIpc) is 3.00. The third kappa shape index (κ3) is 3.74. The second-order valence-electron chi connectivity index (χ2n) is 7.70. The number of fused-ring (bicyclic) bond motifs is 1. The van der Waals surface area contributed by atoms with Gasteiger partial charge in [0, 0.05) is 11.3 Å². The summed E-state index contributed by atoms with van der Waals surface area (Å²) in [4.78, 5) is 33.0. The van der Waals surface area contributed by atoms with Crippen LogP contribution >= 0.6 is 0 Å². The van der Waals surface area contributed by atoms with E-state index in [4.69, 9.17) is 15.9 Å². The molecule has 0 fully saturated rings. The van der Waals surface area contributed by atoms with Crippen molar-refractivity contribution in [3.05, 3.63) is 51.7 Å². The SMILES string of the molecule is C#Cc1nc2[nH]c(C)c(COC(=O)C(C)(C)C)c2c(=O)n1-c1ccc(OC)cc1. The molecule has 2 heterocycles. The third-order valence-corrected chi connectivity index (χ3v) is 4.56. The normalized spacial score (nSPS) is 11.3. The number of aromatic amines is 1. The molecule has 0 unspecified atom stereocenters. The van der Waals surface area contributed by atoms with Gasteiger partial charge in [0.25, 0.3) is 5.56 Å². The molecule has 3 rings (SSSR count). The topological polar surface area (TPSA) is 86.2 Å². The molecule has 0 aliphatic heterocycles. The number of nitrogens with one attached hydrogen (secondary N) is 1. The molecule has 0 radical (unpaired) electrons. The Hall–Kier alpha value is -3.53. The highest BCUT2D eigenvalue weighted by Gasteiger charge is 2.25. The Balaban J connectivity index is 2.16. The number of benzene rings is 1. The van der Waals surface area contributed by atoms with Crippen LogP contribution in [0.5, 0.6) is 5.75 Å². The zero-order valence-electron chi connectivity index (χ0n) is 17.1. The third-order valence-electron chi connectivity index (χ3n) is 4.56. The Morgan fingerprint density at radius 2 is 1.93 bits per heavy atom. The van der Waals surface area contributed by atoms with Crippen LogP contribution in [0.4, 0.5) is 0 Å². The fourth-order valence-corrected chi connectivity index (χ4v) is 2.93. The summed E-state index contributed by atoms with van der Waals surface area (Å²) in [7, 11) is 1.56. The van der Waals surface area contributed by atoms with Crippen molar-refractivity contribution in [2.45, 2.75) is 34.3 Å². The van der Waals surface area contributed by atoms with Gasteiger partial charge in [0.2, 0.25) is 0 Å². The standard InChI is InChI=1S/C22H23N3O4/c1-7-17-24-19-18(16(13(2)23-19)12-29-21(27)22(3,4)5)20(26)25(17)14-8-10-15(28-6)11-9-14/h1,8-11,23H,12H2,2-6H3. The predicted octanol–water partition coefficient (Wildman–Crippen LogP) is 3.10. The summed E-state index contributed by atoms with van der Waals surface area (Å²) in [5.74, 6) is 2.95. The lowest BCUT2D eigenvalue weighted by Gasteiger charge is -2.16. The molecule has 1 N–H and O–H groups in total. The van der Waals surface area contributed by atoms with Gasteiger partial charge in [-0.1, -0.05) is 0 Å². The van der Waals surface area contributed by atoms with E-state index in [2.05, 4.69) is 15.9 Å². The summed E-state index contributed by atoms with van der Waals surface area (Å²) >= 11 is 0. The number of terminal acetylenes is 1. The maximum absolute atomic E-state index is 13.4. The van der Waals surface area contributed by atoms with Crippen LogP contribution < -0.4 is 10.3 Å². The lowest BCUT2D eigenvalue weighted by molar-refractivity contribution is -0.154. The zero-order chi connectivity index (χ0) is 21.3. The smallest absolute Gasteiger partial charge is 0.311 e. The van der Waals surface area contributed by atoms with E-state index < -0.39 is 5.41 Å². The minimum atomic E-state index is -0.641. The second-order valence-corrected chi connectivity index (χ2v) is 7.70. The number of carbonyl (C=O) groups excluding carboxylic acids is 1. The van der Waals surface area contributed by atoms with Crippen molar-refractivity contribution in [3.8, 4) is 23.8 Å².